The number of allylic oxidation sites excluding steroid dienone is 4. The Balaban J connectivity index is 1.73. The first kappa shape index (κ1) is 16.8. The minimum absolute atomic E-state index is 0.116. The summed E-state index contributed by atoms with van der Waals surface area (Å²) in [6.45, 7) is 4.03. The van der Waals surface area contributed by atoms with Crippen LogP contribution in [0.4, 0.5) is 0 Å². The van der Waals surface area contributed by atoms with E-state index < -0.39 is 0 Å². The van der Waals surface area contributed by atoms with Crippen LogP contribution in [0.3, 0.4) is 0 Å². The summed E-state index contributed by atoms with van der Waals surface area (Å²) >= 11 is 2.66. The molecule has 1 aliphatic rings. The molecule has 0 bridgehead atoms. The summed E-state index contributed by atoms with van der Waals surface area (Å²) in [7, 11) is 0. The molecule has 2 aromatic rings. The zero-order chi connectivity index (χ0) is 17.1. The van der Waals surface area contributed by atoms with Crippen molar-refractivity contribution in [1.29, 1.82) is 0 Å². The molecule has 3 rings (SSSR count). The lowest BCUT2D eigenvalue weighted by molar-refractivity contribution is -0.114. The maximum atomic E-state index is 12.3. The van der Waals surface area contributed by atoms with E-state index in [0.717, 1.165) is 20.9 Å². The molecule has 0 radical (unpaired) electrons. The van der Waals surface area contributed by atoms with Crippen molar-refractivity contribution in [2.75, 3.05) is 0 Å². The number of benzene rings is 2. The number of carbonyl (C=O) groups is 2. The standard InChI is InChI=1S/C20H16O2S2/c1-13-3-7-15(8-4-13)23-19-11-18(22)20(12-17(19)21)24-16-9-5-14(2)6-10-16/h3-12H,1-2H3. The third kappa shape index (κ3) is 4.08. The van der Waals surface area contributed by atoms with Crippen LogP contribution in [-0.4, -0.2) is 11.6 Å². The Morgan fingerprint density at radius 2 is 0.917 bits per heavy atom. The molecule has 0 amide bonds. The van der Waals surface area contributed by atoms with E-state index in [1.54, 1.807) is 0 Å². The summed E-state index contributed by atoms with van der Waals surface area (Å²) in [6, 6.07) is 15.8. The smallest absolute Gasteiger partial charge is 0.193 e. The van der Waals surface area contributed by atoms with Crippen molar-refractivity contribution in [3.05, 3.63) is 81.6 Å². The molecular formula is C20H16O2S2. The minimum Gasteiger partial charge on any atom is -0.289 e. The van der Waals surface area contributed by atoms with Crippen LogP contribution in [0.25, 0.3) is 0 Å². The van der Waals surface area contributed by atoms with Crippen LogP contribution in [0.5, 0.6) is 0 Å². The second-order valence-corrected chi connectivity index (χ2v) is 7.81. The van der Waals surface area contributed by atoms with Crippen molar-refractivity contribution in [2.24, 2.45) is 0 Å². The first-order chi connectivity index (χ1) is 11.5. The molecule has 0 saturated carbocycles. The quantitative estimate of drug-likeness (QED) is 0.716. The lowest BCUT2D eigenvalue weighted by atomic mass is 10.2. The third-order valence-electron chi connectivity index (χ3n) is 3.51. The zero-order valence-electron chi connectivity index (χ0n) is 13.4. The maximum absolute atomic E-state index is 12.3. The molecule has 0 heterocycles. The molecule has 0 aliphatic heterocycles. The van der Waals surface area contributed by atoms with E-state index in [4.69, 9.17) is 0 Å². The van der Waals surface area contributed by atoms with Gasteiger partial charge in [0.05, 0.1) is 9.81 Å². The van der Waals surface area contributed by atoms with Gasteiger partial charge >= 0.3 is 0 Å². The van der Waals surface area contributed by atoms with Crippen LogP contribution in [0.15, 0.2) is 80.3 Å². The Morgan fingerprint density at radius 1 is 0.583 bits per heavy atom. The number of carbonyl (C=O) groups excluding carboxylic acids is 2. The van der Waals surface area contributed by atoms with Crippen LogP contribution in [0, 0.1) is 13.8 Å². The highest BCUT2D eigenvalue weighted by atomic mass is 32.2. The zero-order valence-corrected chi connectivity index (χ0v) is 15.0. The second-order valence-electron chi connectivity index (χ2n) is 5.58. The fourth-order valence-electron chi connectivity index (χ4n) is 2.15. The molecule has 1 aliphatic carbocycles. The number of aryl methyl sites for hydroxylation is 2. The monoisotopic (exact) mass is 352 g/mol. The van der Waals surface area contributed by atoms with E-state index in [0.29, 0.717) is 9.81 Å². The predicted octanol–water partition coefficient (Wildman–Crippen LogP) is 5.11. The molecule has 24 heavy (non-hydrogen) atoms. The van der Waals surface area contributed by atoms with Gasteiger partial charge in [0, 0.05) is 21.9 Å². The molecule has 0 atom stereocenters. The van der Waals surface area contributed by atoms with Gasteiger partial charge in [-0.25, -0.2) is 0 Å². The fraction of sp³-hybridized carbons (Fsp3) is 0.100. The number of hydrogen-bond acceptors (Lipinski definition) is 4. The first-order valence-electron chi connectivity index (χ1n) is 7.52. The van der Waals surface area contributed by atoms with E-state index in [2.05, 4.69) is 0 Å². The number of thioether (sulfide) groups is 2. The summed E-state index contributed by atoms with van der Waals surface area (Å²) in [5.74, 6) is -0.232. The predicted molar refractivity (Wildman–Crippen MR) is 100 cm³/mol. The van der Waals surface area contributed by atoms with Gasteiger partial charge in [-0.05, 0) is 38.1 Å². The van der Waals surface area contributed by atoms with Crippen molar-refractivity contribution >= 4 is 35.1 Å². The van der Waals surface area contributed by atoms with Crippen molar-refractivity contribution in [2.45, 2.75) is 23.6 Å². The van der Waals surface area contributed by atoms with Crippen molar-refractivity contribution in [3.8, 4) is 0 Å². The van der Waals surface area contributed by atoms with Crippen molar-refractivity contribution < 1.29 is 9.59 Å². The Labute approximate surface area is 150 Å². The SMILES string of the molecule is Cc1ccc(SC2=CC(=O)C(Sc3ccc(C)cc3)=CC2=O)cc1. The van der Waals surface area contributed by atoms with E-state index in [1.165, 1.54) is 35.7 Å². The molecule has 0 aromatic heterocycles. The van der Waals surface area contributed by atoms with Crippen molar-refractivity contribution in [3.63, 3.8) is 0 Å². The molecule has 0 N–H and O–H groups in total. The second kappa shape index (κ2) is 7.24. The average molecular weight is 352 g/mol. The number of rotatable bonds is 4. The summed E-state index contributed by atoms with van der Waals surface area (Å²) in [6.07, 6.45) is 2.90. The van der Waals surface area contributed by atoms with Crippen LogP contribution >= 0.6 is 23.5 Å². The summed E-state index contributed by atoms with van der Waals surface area (Å²) in [5, 5.41) is 0. The molecule has 2 aromatic carbocycles. The summed E-state index contributed by atoms with van der Waals surface area (Å²) in [4.78, 5) is 27.5. The highest BCUT2D eigenvalue weighted by molar-refractivity contribution is 8.05. The van der Waals surface area contributed by atoms with Crippen LogP contribution in [0.2, 0.25) is 0 Å². The van der Waals surface area contributed by atoms with Gasteiger partial charge in [0.15, 0.2) is 11.6 Å². The Morgan fingerprint density at radius 3 is 1.25 bits per heavy atom. The Kier molecular flexibility index (Phi) is 5.07. The van der Waals surface area contributed by atoms with Gasteiger partial charge < -0.3 is 0 Å². The topological polar surface area (TPSA) is 34.1 Å². The molecule has 2 nitrogen and oxygen atoms in total. The van der Waals surface area contributed by atoms with Gasteiger partial charge in [0.25, 0.3) is 0 Å². The summed E-state index contributed by atoms with van der Waals surface area (Å²) in [5.41, 5.74) is 2.33. The molecule has 0 fully saturated rings. The van der Waals surface area contributed by atoms with Gasteiger partial charge in [-0.1, -0.05) is 58.9 Å². The van der Waals surface area contributed by atoms with Gasteiger partial charge in [-0.3, -0.25) is 9.59 Å². The molecule has 4 heteroatoms. The van der Waals surface area contributed by atoms with Crippen LogP contribution in [0.1, 0.15) is 11.1 Å². The molecule has 120 valence electrons. The normalized spacial score (nSPS) is 14.4. The first-order valence-corrected chi connectivity index (χ1v) is 9.16. The molecule has 0 unspecified atom stereocenters. The van der Waals surface area contributed by atoms with Crippen LogP contribution < -0.4 is 0 Å². The van der Waals surface area contributed by atoms with Crippen LogP contribution in [-0.2, 0) is 9.59 Å². The largest absolute Gasteiger partial charge is 0.289 e. The highest BCUT2D eigenvalue weighted by Gasteiger charge is 2.21. The summed E-state index contributed by atoms with van der Waals surface area (Å²) < 4.78 is 0. The Hall–Kier alpha value is -2.04. The van der Waals surface area contributed by atoms with Gasteiger partial charge in [0.1, 0.15) is 0 Å². The highest BCUT2D eigenvalue weighted by Crippen LogP contribution is 2.35. The van der Waals surface area contributed by atoms with Crippen molar-refractivity contribution in [1.82, 2.24) is 0 Å². The van der Waals surface area contributed by atoms with Gasteiger partial charge in [-0.15, -0.1) is 0 Å². The van der Waals surface area contributed by atoms with E-state index in [9.17, 15) is 9.59 Å². The molecule has 0 saturated heterocycles. The lowest BCUT2D eigenvalue weighted by Crippen LogP contribution is -2.09. The average Bonchev–Trinajstić information content (AvgIpc) is 2.56. The minimum atomic E-state index is -0.116. The van der Waals surface area contributed by atoms with E-state index >= 15 is 0 Å². The molecular weight excluding hydrogens is 336 g/mol. The third-order valence-corrected chi connectivity index (χ3v) is 5.60. The molecule has 0 spiro atoms. The van der Waals surface area contributed by atoms with Gasteiger partial charge in [0.2, 0.25) is 0 Å². The van der Waals surface area contributed by atoms with E-state index in [-0.39, 0.29) is 11.6 Å². The number of hydrogen-bond donors (Lipinski definition) is 0. The fourth-order valence-corrected chi connectivity index (χ4v) is 3.85. The lowest BCUT2D eigenvalue weighted by Gasteiger charge is -2.12. The van der Waals surface area contributed by atoms with Gasteiger partial charge in [-0.2, -0.15) is 0 Å². The number of ketones is 2. The van der Waals surface area contributed by atoms with E-state index in [1.807, 2.05) is 62.4 Å². The maximum Gasteiger partial charge on any atom is 0.193 e. The Bertz CT molecular complexity index is 771.